The Labute approximate surface area is 133 Å². The van der Waals surface area contributed by atoms with E-state index in [0.717, 1.165) is 5.76 Å². The average molecular weight is 324 g/mol. The minimum Gasteiger partial charge on any atom is -0.460 e. The summed E-state index contributed by atoms with van der Waals surface area (Å²) in [6.45, 7) is 3.95. The van der Waals surface area contributed by atoms with Crippen LogP contribution in [0.25, 0.3) is 23.0 Å². The van der Waals surface area contributed by atoms with Crippen LogP contribution < -0.4 is 5.32 Å². The molecule has 0 aliphatic heterocycles. The van der Waals surface area contributed by atoms with Gasteiger partial charge in [0.05, 0.1) is 0 Å². The molecular weight excluding hydrogens is 306 g/mol. The standard InChI is InChI=1S/C14H17N5O2.ClH/c1-8(15-3)6-13-16-14(21-19-13)11-7-10(17-18-11)12-5-4-9(2)20-12;/h4-5,7-8,15H,6H2,1-3H3,(H,17,18);1H. The lowest BCUT2D eigenvalue weighted by Gasteiger charge is -2.04. The van der Waals surface area contributed by atoms with E-state index in [9.17, 15) is 0 Å². The van der Waals surface area contributed by atoms with Crippen LogP contribution in [0.1, 0.15) is 18.5 Å². The molecule has 0 aromatic carbocycles. The Balaban J connectivity index is 0.00000176. The Bertz CT molecular complexity index is 733. The van der Waals surface area contributed by atoms with Gasteiger partial charge in [0, 0.05) is 18.5 Å². The molecule has 0 spiro atoms. The van der Waals surface area contributed by atoms with Crippen molar-refractivity contribution in [1.82, 2.24) is 25.7 Å². The fourth-order valence-electron chi connectivity index (χ4n) is 1.95. The SMILES string of the molecule is CNC(C)Cc1noc(-c2cc(-c3ccc(C)o3)n[nH]2)n1.Cl. The molecular formula is C14H18ClN5O2. The zero-order valence-corrected chi connectivity index (χ0v) is 13.4. The molecule has 0 fully saturated rings. The third kappa shape index (κ3) is 3.37. The summed E-state index contributed by atoms with van der Waals surface area (Å²) in [6.07, 6.45) is 0.707. The molecule has 8 heteroatoms. The van der Waals surface area contributed by atoms with Crippen molar-refractivity contribution in [3.63, 3.8) is 0 Å². The first-order valence-electron chi connectivity index (χ1n) is 6.78. The molecule has 7 nitrogen and oxygen atoms in total. The summed E-state index contributed by atoms with van der Waals surface area (Å²) >= 11 is 0. The van der Waals surface area contributed by atoms with Crippen LogP contribution in [-0.2, 0) is 6.42 Å². The van der Waals surface area contributed by atoms with E-state index in [-0.39, 0.29) is 12.4 Å². The van der Waals surface area contributed by atoms with Crippen molar-refractivity contribution in [2.24, 2.45) is 0 Å². The lowest BCUT2D eigenvalue weighted by Crippen LogP contribution is -2.24. The molecule has 1 unspecified atom stereocenters. The smallest absolute Gasteiger partial charge is 0.275 e. The van der Waals surface area contributed by atoms with E-state index >= 15 is 0 Å². The van der Waals surface area contributed by atoms with E-state index in [1.165, 1.54) is 0 Å². The zero-order chi connectivity index (χ0) is 14.8. The molecule has 22 heavy (non-hydrogen) atoms. The van der Waals surface area contributed by atoms with Gasteiger partial charge in [0.1, 0.15) is 17.1 Å². The summed E-state index contributed by atoms with van der Waals surface area (Å²) < 4.78 is 10.8. The second-order valence-electron chi connectivity index (χ2n) is 4.99. The number of nitrogens with one attached hydrogen (secondary N) is 2. The predicted molar refractivity (Wildman–Crippen MR) is 83.8 cm³/mol. The minimum absolute atomic E-state index is 0. The number of nitrogens with zero attached hydrogens (tertiary/aromatic N) is 3. The van der Waals surface area contributed by atoms with Crippen molar-refractivity contribution >= 4 is 12.4 Å². The highest BCUT2D eigenvalue weighted by atomic mass is 35.5. The number of halogens is 1. The van der Waals surface area contributed by atoms with Crippen molar-refractivity contribution in [1.29, 1.82) is 0 Å². The number of aryl methyl sites for hydroxylation is 1. The molecule has 0 aliphatic rings. The largest absolute Gasteiger partial charge is 0.460 e. The number of furan rings is 1. The normalized spacial score (nSPS) is 12.1. The Hall–Kier alpha value is -2.12. The maximum Gasteiger partial charge on any atom is 0.275 e. The first-order chi connectivity index (χ1) is 10.2. The molecule has 118 valence electrons. The van der Waals surface area contributed by atoms with Crippen molar-refractivity contribution in [3.8, 4) is 23.0 Å². The quantitative estimate of drug-likeness (QED) is 0.749. The summed E-state index contributed by atoms with van der Waals surface area (Å²) in [5, 5.41) is 14.2. The van der Waals surface area contributed by atoms with Crippen molar-refractivity contribution in [3.05, 3.63) is 29.8 Å². The average Bonchev–Trinajstić information content (AvgIpc) is 3.17. The first-order valence-corrected chi connectivity index (χ1v) is 6.78. The van der Waals surface area contributed by atoms with Gasteiger partial charge >= 0.3 is 0 Å². The summed E-state index contributed by atoms with van der Waals surface area (Å²) in [5.41, 5.74) is 1.39. The van der Waals surface area contributed by atoms with Gasteiger partial charge in [-0.15, -0.1) is 12.4 Å². The Morgan fingerprint density at radius 1 is 1.36 bits per heavy atom. The number of hydrogen-bond acceptors (Lipinski definition) is 6. The fraction of sp³-hybridized carbons (Fsp3) is 0.357. The van der Waals surface area contributed by atoms with Gasteiger partial charge < -0.3 is 14.3 Å². The monoisotopic (exact) mass is 323 g/mol. The molecule has 3 aromatic heterocycles. The van der Waals surface area contributed by atoms with Crippen LogP contribution in [0.5, 0.6) is 0 Å². The molecule has 0 saturated heterocycles. The summed E-state index contributed by atoms with van der Waals surface area (Å²) in [4.78, 5) is 4.36. The van der Waals surface area contributed by atoms with Crippen LogP contribution in [0, 0.1) is 6.92 Å². The van der Waals surface area contributed by atoms with E-state index in [2.05, 4.69) is 32.6 Å². The second kappa shape index (κ2) is 6.76. The number of rotatable bonds is 5. The molecule has 0 saturated carbocycles. The van der Waals surface area contributed by atoms with E-state index in [1.807, 2.05) is 32.2 Å². The minimum atomic E-state index is 0. The van der Waals surface area contributed by atoms with Crippen molar-refractivity contribution < 1.29 is 8.94 Å². The van der Waals surface area contributed by atoms with E-state index in [1.54, 1.807) is 0 Å². The van der Waals surface area contributed by atoms with Crippen molar-refractivity contribution in [2.75, 3.05) is 7.05 Å². The molecule has 0 bridgehead atoms. The molecule has 3 heterocycles. The first kappa shape index (κ1) is 16.3. The maximum absolute atomic E-state index is 5.53. The molecule has 0 aliphatic carbocycles. The van der Waals surface area contributed by atoms with Crippen LogP contribution in [-0.4, -0.2) is 33.4 Å². The number of aromatic nitrogens is 4. The highest BCUT2D eigenvalue weighted by Crippen LogP contribution is 2.24. The lowest BCUT2D eigenvalue weighted by atomic mass is 10.2. The van der Waals surface area contributed by atoms with Gasteiger partial charge in [0.25, 0.3) is 5.89 Å². The summed E-state index contributed by atoms with van der Waals surface area (Å²) in [7, 11) is 1.90. The maximum atomic E-state index is 5.53. The Morgan fingerprint density at radius 2 is 2.18 bits per heavy atom. The lowest BCUT2D eigenvalue weighted by molar-refractivity contribution is 0.417. The molecule has 0 amide bonds. The number of likely N-dealkylation sites (N-methyl/N-ethyl adjacent to an activating group) is 1. The third-order valence-electron chi connectivity index (χ3n) is 3.25. The summed E-state index contributed by atoms with van der Waals surface area (Å²) in [5.74, 6) is 2.64. The highest BCUT2D eigenvalue weighted by molar-refractivity contribution is 5.85. The fourth-order valence-corrected chi connectivity index (χ4v) is 1.95. The van der Waals surface area contributed by atoms with E-state index in [0.29, 0.717) is 41.3 Å². The highest BCUT2D eigenvalue weighted by Gasteiger charge is 2.15. The molecule has 1 atom stereocenters. The number of hydrogen-bond donors (Lipinski definition) is 2. The van der Waals surface area contributed by atoms with Gasteiger partial charge in [0.2, 0.25) is 0 Å². The van der Waals surface area contributed by atoms with E-state index < -0.39 is 0 Å². The molecule has 3 aromatic rings. The number of H-pyrrole nitrogens is 1. The zero-order valence-electron chi connectivity index (χ0n) is 12.6. The predicted octanol–water partition coefficient (Wildman–Crippen LogP) is 2.60. The Kier molecular flexibility index (Phi) is 4.99. The molecule has 2 N–H and O–H groups in total. The Morgan fingerprint density at radius 3 is 2.86 bits per heavy atom. The van der Waals surface area contributed by atoms with Crippen LogP contribution in [0.15, 0.2) is 27.1 Å². The van der Waals surface area contributed by atoms with Gasteiger partial charge in [-0.25, -0.2) is 0 Å². The van der Waals surface area contributed by atoms with Crippen molar-refractivity contribution in [2.45, 2.75) is 26.3 Å². The van der Waals surface area contributed by atoms with E-state index in [4.69, 9.17) is 8.94 Å². The third-order valence-corrected chi connectivity index (χ3v) is 3.25. The van der Waals surface area contributed by atoms with Gasteiger partial charge in [-0.3, -0.25) is 5.10 Å². The van der Waals surface area contributed by atoms with Crippen LogP contribution in [0.3, 0.4) is 0 Å². The van der Waals surface area contributed by atoms with Crippen LogP contribution >= 0.6 is 12.4 Å². The summed E-state index contributed by atoms with van der Waals surface area (Å²) in [6, 6.07) is 5.90. The van der Waals surface area contributed by atoms with Gasteiger partial charge in [-0.1, -0.05) is 5.16 Å². The molecule has 3 rings (SSSR count). The van der Waals surface area contributed by atoms with Gasteiger partial charge in [-0.2, -0.15) is 10.1 Å². The molecule has 0 radical (unpaired) electrons. The number of aromatic amines is 1. The van der Waals surface area contributed by atoms with Crippen LogP contribution in [0.2, 0.25) is 0 Å². The topological polar surface area (TPSA) is 92.8 Å². The van der Waals surface area contributed by atoms with Crippen LogP contribution in [0.4, 0.5) is 0 Å². The van der Waals surface area contributed by atoms with Gasteiger partial charge in [-0.05, 0) is 33.0 Å². The van der Waals surface area contributed by atoms with Gasteiger partial charge in [0.15, 0.2) is 11.6 Å². The second-order valence-corrected chi connectivity index (χ2v) is 4.99.